The van der Waals surface area contributed by atoms with Crippen LogP contribution in [-0.4, -0.2) is 33.1 Å². The maximum Gasteiger partial charge on any atom is 0.261 e. The van der Waals surface area contributed by atoms with Gasteiger partial charge in [-0.2, -0.15) is 0 Å². The molecule has 1 aliphatic rings. The highest BCUT2D eigenvalue weighted by Gasteiger charge is 2.20. The minimum atomic E-state index is -3.90. The van der Waals surface area contributed by atoms with Gasteiger partial charge >= 0.3 is 0 Å². The smallest absolute Gasteiger partial charge is 0.261 e. The predicted molar refractivity (Wildman–Crippen MR) is 109 cm³/mol. The van der Waals surface area contributed by atoms with Gasteiger partial charge in [0.05, 0.1) is 17.1 Å². The van der Waals surface area contributed by atoms with Gasteiger partial charge in [0.1, 0.15) is 11.5 Å². The van der Waals surface area contributed by atoms with E-state index in [-0.39, 0.29) is 29.7 Å². The zero-order valence-corrected chi connectivity index (χ0v) is 17.2. The van der Waals surface area contributed by atoms with Crippen LogP contribution in [-0.2, 0) is 16.6 Å². The van der Waals surface area contributed by atoms with Gasteiger partial charge < -0.3 is 18.8 Å². The van der Waals surface area contributed by atoms with E-state index in [0.717, 1.165) is 5.76 Å². The fourth-order valence-electron chi connectivity index (χ4n) is 3.07. The molecule has 8 nitrogen and oxygen atoms in total. The van der Waals surface area contributed by atoms with Crippen molar-refractivity contribution in [2.75, 3.05) is 18.6 Å². The summed E-state index contributed by atoms with van der Waals surface area (Å²) in [5, 5.41) is 0. The number of nitrogens with one attached hydrogen (secondary N) is 1. The topological polar surface area (TPSA) is 98.1 Å². The molecule has 0 atom stereocenters. The first-order chi connectivity index (χ1) is 14.3. The number of hydrogen-bond acceptors (Lipinski definition) is 6. The molecule has 156 valence electrons. The van der Waals surface area contributed by atoms with E-state index >= 15 is 0 Å². The maximum absolute atomic E-state index is 12.8. The number of benzene rings is 2. The van der Waals surface area contributed by atoms with Crippen LogP contribution in [0.1, 0.15) is 21.9 Å². The molecule has 2 heterocycles. The van der Waals surface area contributed by atoms with E-state index in [1.165, 1.54) is 23.1 Å². The van der Waals surface area contributed by atoms with Gasteiger partial charge in [0.15, 0.2) is 11.5 Å². The van der Waals surface area contributed by atoms with Crippen molar-refractivity contribution in [3.8, 4) is 11.5 Å². The number of amides is 1. The standard InChI is InChI=1S/C21H20N2O6S/c1-14-6-8-17(29-14)12-23(2)21(24)15-4-3-5-18(10-15)30(25,26)22-16-7-9-19-20(11-16)28-13-27-19/h3-11,22H,12-13H2,1-2H3. The number of hydrogen-bond donors (Lipinski definition) is 1. The van der Waals surface area contributed by atoms with Crippen LogP contribution in [0.3, 0.4) is 0 Å². The number of aryl methyl sites for hydroxylation is 1. The summed E-state index contributed by atoms with van der Waals surface area (Å²) in [7, 11) is -2.27. The van der Waals surface area contributed by atoms with Crippen molar-refractivity contribution in [1.82, 2.24) is 4.90 Å². The molecule has 0 saturated carbocycles. The van der Waals surface area contributed by atoms with Crippen LogP contribution in [0, 0.1) is 6.92 Å². The van der Waals surface area contributed by atoms with Crippen molar-refractivity contribution in [3.05, 3.63) is 71.7 Å². The average molecular weight is 428 g/mol. The van der Waals surface area contributed by atoms with Crippen molar-refractivity contribution in [1.29, 1.82) is 0 Å². The van der Waals surface area contributed by atoms with Crippen LogP contribution in [0.2, 0.25) is 0 Å². The molecule has 0 spiro atoms. The summed E-state index contributed by atoms with van der Waals surface area (Å²) in [6.45, 7) is 2.20. The Morgan fingerprint density at radius 1 is 1.07 bits per heavy atom. The highest BCUT2D eigenvalue weighted by atomic mass is 32.2. The van der Waals surface area contributed by atoms with Crippen LogP contribution in [0.15, 0.2) is 63.9 Å². The second-order valence-corrected chi connectivity index (χ2v) is 8.56. The summed E-state index contributed by atoms with van der Waals surface area (Å²) in [5.41, 5.74) is 0.593. The molecule has 3 aromatic rings. The molecular weight excluding hydrogens is 408 g/mol. The van der Waals surface area contributed by atoms with Crippen LogP contribution in [0.5, 0.6) is 11.5 Å². The SMILES string of the molecule is Cc1ccc(CN(C)C(=O)c2cccc(S(=O)(=O)Nc3ccc4c(c3)OCO4)c2)o1. The minimum Gasteiger partial charge on any atom is -0.464 e. The second kappa shape index (κ2) is 7.75. The maximum atomic E-state index is 12.8. The monoisotopic (exact) mass is 428 g/mol. The normalized spacial score (nSPS) is 12.6. The molecule has 0 fully saturated rings. The molecule has 0 unspecified atom stereocenters. The lowest BCUT2D eigenvalue weighted by Gasteiger charge is -2.16. The average Bonchev–Trinajstić information content (AvgIpc) is 3.35. The van der Waals surface area contributed by atoms with Crippen LogP contribution in [0.4, 0.5) is 5.69 Å². The fraction of sp³-hybridized carbons (Fsp3) is 0.190. The highest BCUT2D eigenvalue weighted by molar-refractivity contribution is 7.92. The lowest BCUT2D eigenvalue weighted by molar-refractivity contribution is 0.0774. The van der Waals surface area contributed by atoms with Gasteiger partial charge in [-0.05, 0) is 49.4 Å². The molecule has 0 saturated heterocycles. The van der Waals surface area contributed by atoms with E-state index in [1.54, 1.807) is 37.4 Å². The van der Waals surface area contributed by atoms with E-state index in [4.69, 9.17) is 13.9 Å². The minimum absolute atomic E-state index is 0.0201. The van der Waals surface area contributed by atoms with Crippen LogP contribution in [0.25, 0.3) is 0 Å². The molecule has 0 radical (unpaired) electrons. The Bertz CT molecular complexity index is 1200. The molecular formula is C21H20N2O6S. The zero-order valence-electron chi connectivity index (χ0n) is 16.4. The lowest BCUT2D eigenvalue weighted by atomic mass is 10.2. The number of ether oxygens (including phenoxy) is 2. The van der Waals surface area contributed by atoms with E-state index < -0.39 is 10.0 Å². The first-order valence-electron chi connectivity index (χ1n) is 9.15. The lowest BCUT2D eigenvalue weighted by Crippen LogP contribution is -2.26. The molecule has 1 N–H and O–H groups in total. The van der Waals surface area contributed by atoms with Crippen molar-refractivity contribution in [2.24, 2.45) is 0 Å². The molecule has 4 rings (SSSR count). The van der Waals surface area contributed by atoms with Gasteiger partial charge in [-0.15, -0.1) is 0 Å². The molecule has 2 aromatic carbocycles. The number of carbonyl (C=O) groups is 1. The molecule has 1 aromatic heterocycles. The Hall–Kier alpha value is -3.46. The second-order valence-electron chi connectivity index (χ2n) is 6.87. The van der Waals surface area contributed by atoms with Crippen molar-refractivity contribution >= 4 is 21.6 Å². The largest absolute Gasteiger partial charge is 0.464 e. The van der Waals surface area contributed by atoms with Gasteiger partial charge in [-0.3, -0.25) is 9.52 Å². The summed E-state index contributed by atoms with van der Waals surface area (Å²) in [6, 6.07) is 14.3. The predicted octanol–water partition coefficient (Wildman–Crippen LogP) is 3.39. The summed E-state index contributed by atoms with van der Waals surface area (Å²) in [6.07, 6.45) is 0. The molecule has 9 heteroatoms. The molecule has 0 bridgehead atoms. The first kappa shape index (κ1) is 19.8. The Kier molecular flexibility index (Phi) is 5.13. The van der Waals surface area contributed by atoms with Gasteiger partial charge in [0.25, 0.3) is 15.9 Å². The Labute approximate surface area is 174 Å². The van der Waals surface area contributed by atoms with E-state index in [0.29, 0.717) is 22.9 Å². The van der Waals surface area contributed by atoms with Crippen molar-refractivity contribution in [2.45, 2.75) is 18.4 Å². The quantitative estimate of drug-likeness (QED) is 0.646. The van der Waals surface area contributed by atoms with Gasteiger partial charge in [-0.25, -0.2) is 8.42 Å². The molecule has 1 amide bonds. The first-order valence-corrected chi connectivity index (χ1v) is 10.6. The number of anilines is 1. The van der Waals surface area contributed by atoms with Gasteiger partial charge in [0.2, 0.25) is 6.79 Å². The number of nitrogens with zero attached hydrogens (tertiary/aromatic N) is 1. The number of sulfonamides is 1. The van der Waals surface area contributed by atoms with E-state index in [1.807, 2.05) is 13.0 Å². The number of rotatable bonds is 6. The Morgan fingerprint density at radius 2 is 1.87 bits per heavy atom. The fourth-order valence-corrected chi connectivity index (χ4v) is 4.16. The molecule has 1 aliphatic heterocycles. The zero-order chi connectivity index (χ0) is 21.3. The summed E-state index contributed by atoms with van der Waals surface area (Å²) in [5.74, 6) is 2.11. The van der Waals surface area contributed by atoms with Crippen LogP contribution < -0.4 is 14.2 Å². The summed E-state index contributed by atoms with van der Waals surface area (Å²) >= 11 is 0. The van der Waals surface area contributed by atoms with Gasteiger partial charge in [0, 0.05) is 18.7 Å². The number of carbonyl (C=O) groups excluding carboxylic acids is 1. The number of furan rings is 1. The summed E-state index contributed by atoms with van der Waals surface area (Å²) < 4.78 is 44.1. The third kappa shape index (κ3) is 4.11. The third-order valence-corrected chi connectivity index (χ3v) is 5.93. The van der Waals surface area contributed by atoms with E-state index in [2.05, 4.69) is 4.72 Å². The molecule has 30 heavy (non-hydrogen) atoms. The highest BCUT2D eigenvalue weighted by Crippen LogP contribution is 2.34. The third-order valence-electron chi connectivity index (χ3n) is 4.55. The van der Waals surface area contributed by atoms with Crippen LogP contribution >= 0.6 is 0 Å². The van der Waals surface area contributed by atoms with Gasteiger partial charge in [-0.1, -0.05) is 6.07 Å². The van der Waals surface area contributed by atoms with Crippen molar-refractivity contribution < 1.29 is 27.1 Å². The Balaban J connectivity index is 1.52. The number of fused-ring (bicyclic) bond motifs is 1. The van der Waals surface area contributed by atoms with E-state index in [9.17, 15) is 13.2 Å². The molecule has 0 aliphatic carbocycles. The summed E-state index contributed by atoms with van der Waals surface area (Å²) in [4.78, 5) is 14.2. The Morgan fingerprint density at radius 3 is 2.63 bits per heavy atom. The van der Waals surface area contributed by atoms with Crippen molar-refractivity contribution in [3.63, 3.8) is 0 Å².